The molecule has 2 aromatic carbocycles. The number of carbonyl (C=O) groups is 1. The highest BCUT2D eigenvalue weighted by Crippen LogP contribution is 2.25. The van der Waals surface area contributed by atoms with Crippen molar-refractivity contribution in [3.05, 3.63) is 65.4 Å². The fraction of sp³-hybridized carbons (Fsp3) is 0.200. The zero-order valence-electron chi connectivity index (χ0n) is 14.8. The van der Waals surface area contributed by atoms with Crippen LogP contribution in [0.2, 0.25) is 0 Å². The van der Waals surface area contributed by atoms with Crippen LogP contribution in [-0.4, -0.2) is 22.8 Å². The number of para-hydroxylation sites is 1. The van der Waals surface area contributed by atoms with Gasteiger partial charge in [-0.05, 0) is 43.2 Å². The molecule has 1 aromatic heterocycles. The van der Waals surface area contributed by atoms with E-state index in [4.69, 9.17) is 4.74 Å². The standard InChI is InChI=1S/C20H21N3O2/c1-13-7-5-8-14(2)19(13)21-20(24)18-12-17(22-23(18)3)15-9-6-10-16(11-15)25-4/h5-12H,1-4H3,(H,21,24). The van der Waals surface area contributed by atoms with E-state index in [2.05, 4.69) is 10.4 Å². The predicted molar refractivity (Wildman–Crippen MR) is 99.1 cm³/mol. The highest BCUT2D eigenvalue weighted by molar-refractivity contribution is 6.04. The Morgan fingerprint density at radius 2 is 1.76 bits per heavy atom. The molecule has 0 spiro atoms. The summed E-state index contributed by atoms with van der Waals surface area (Å²) in [6, 6.07) is 15.3. The van der Waals surface area contributed by atoms with Gasteiger partial charge in [-0.1, -0.05) is 30.3 Å². The predicted octanol–water partition coefficient (Wildman–Crippen LogP) is 3.96. The number of anilines is 1. The summed E-state index contributed by atoms with van der Waals surface area (Å²) >= 11 is 0. The average Bonchev–Trinajstić information content (AvgIpc) is 3.00. The fourth-order valence-corrected chi connectivity index (χ4v) is 2.79. The van der Waals surface area contributed by atoms with Gasteiger partial charge < -0.3 is 10.1 Å². The second kappa shape index (κ2) is 6.81. The molecule has 0 bridgehead atoms. The SMILES string of the molecule is COc1cccc(-c2cc(C(=O)Nc3c(C)cccc3C)n(C)n2)c1. The first-order chi connectivity index (χ1) is 12.0. The number of amides is 1. The van der Waals surface area contributed by atoms with Crippen molar-refractivity contribution in [3.8, 4) is 17.0 Å². The van der Waals surface area contributed by atoms with Gasteiger partial charge in [0.1, 0.15) is 11.4 Å². The lowest BCUT2D eigenvalue weighted by atomic mass is 10.1. The third-order valence-electron chi connectivity index (χ3n) is 4.20. The Morgan fingerprint density at radius 1 is 1.08 bits per heavy atom. The Morgan fingerprint density at radius 3 is 2.44 bits per heavy atom. The maximum Gasteiger partial charge on any atom is 0.273 e. The molecule has 0 aliphatic carbocycles. The van der Waals surface area contributed by atoms with Gasteiger partial charge >= 0.3 is 0 Å². The lowest BCUT2D eigenvalue weighted by molar-refractivity contribution is 0.101. The first kappa shape index (κ1) is 16.8. The van der Waals surface area contributed by atoms with Crippen LogP contribution in [0.1, 0.15) is 21.6 Å². The van der Waals surface area contributed by atoms with Crippen LogP contribution in [0.5, 0.6) is 5.75 Å². The molecule has 1 N–H and O–H groups in total. The van der Waals surface area contributed by atoms with Gasteiger partial charge in [-0.25, -0.2) is 0 Å². The molecule has 0 aliphatic rings. The molecule has 0 radical (unpaired) electrons. The van der Waals surface area contributed by atoms with Crippen LogP contribution in [0.4, 0.5) is 5.69 Å². The number of rotatable bonds is 4. The number of nitrogens with one attached hydrogen (secondary N) is 1. The van der Waals surface area contributed by atoms with Gasteiger partial charge in [-0.15, -0.1) is 0 Å². The highest BCUT2D eigenvalue weighted by Gasteiger charge is 2.16. The van der Waals surface area contributed by atoms with Gasteiger partial charge in [-0.2, -0.15) is 5.10 Å². The molecule has 25 heavy (non-hydrogen) atoms. The van der Waals surface area contributed by atoms with E-state index < -0.39 is 0 Å². The number of nitrogens with zero attached hydrogens (tertiary/aromatic N) is 2. The van der Waals surface area contributed by atoms with Crippen LogP contribution in [0, 0.1) is 13.8 Å². The summed E-state index contributed by atoms with van der Waals surface area (Å²) in [4.78, 5) is 12.7. The number of methoxy groups -OCH3 is 1. The largest absolute Gasteiger partial charge is 0.497 e. The van der Waals surface area contributed by atoms with E-state index in [1.165, 1.54) is 0 Å². The van der Waals surface area contributed by atoms with Gasteiger partial charge in [0, 0.05) is 18.3 Å². The molecule has 3 rings (SSSR count). The van der Waals surface area contributed by atoms with Gasteiger partial charge in [0.2, 0.25) is 0 Å². The molecule has 5 heteroatoms. The Balaban J connectivity index is 1.90. The normalized spacial score (nSPS) is 10.6. The van der Waals surface area contributed by atoms with Crippen LogP contribution in [0.15, 0.2) is 48.5 Å². The molecule has 128 valence electrons. The van der Waals surface area contributed by atoms with E-state index in [0.29, 0.717) is 5.69 Å². The number of benzene rings is 2. The van der Waals surface area contributed by atoms with Crippen LogP contribution in [0.3, 0.4) is 0 Å². The molecular formula is C20H21N3O2. The first-order valence-corrected chi connectivity index (χ1v) is 8.05. The van der Waals surface area contributed by atoms with Crippen molar-refractivity contribution in [2.24, 2.45) is 7.05 Å². The average molecular weight is 335 g/mol. The van der Waals surface area contributed by atoms with Crippen molar-refractivity contribution in [2.45, 2.75) is 13.8 Å². The minimum atomic E-state index is -0.179. The molecule has 1 heterocycles. The van der Waals surface area contributed by atoms with E-state index >= 15 is 0 Å². The Bertz CT molecular complexity index is 908. The van der Waals surface area contributed by atoms with E-state index in [0.717, 1.165) is 33.8 Å². The molecule has 0 atom stereocenters. The topological polar surface area (TPSA) is 56.1 Å². The zero-order valence-corrected chi connectivity index (χ0v) is 14.8. The molecule has 0 saturated carbocycles. The Hall–Kier alpha value is -3.08. The zero-order chi connectivity index (χ0) is 18.0. The van der Waals surface area contributed by atoms with Crippen LogP contribution < -0.4 is 10.1 Å². The van der Waals surface area contributed by atoms with E-state index in [1.807, 2.05) is 56.3 Å². The van der Waals surface area contributed by atoms with Crippen molar-refractivity contribution in [3.63, 3.8) is 0 Å². The first-order valence-electron chi connectivity index (χ1n) is 8.05. The van der Waals surface area contributed by atoms with Crippen LogP contribution in [-0.2, 0) is 7.05 Å². The summed E-state index contributed by atoms with van der Waals surface area (Å²) in [5, 5.41) is 7.46. The van der Waals surface area contributed by atoms with Crippen molar-refractivity contribution in [2.75, 3.05) is 12.4 Å². The summed E-state index contributed by atoms with van der Waals surface area (Å²) < 4.78 is 6.85. The molecule has 5 nitrogen and oxygen atoms in total. The van der Waals surface area contributed by atoms with E-state index in [1.54, 1.807) is 24.9 Å². The van der Waals surface area contributed by atoms with Crippen LogP contribution in [0.25, 0.3) is 11.3 Å². The number of hydrogen-bond donors (Lipinski definition) is 1. The second-order valence-electron chi connectivity index (χ2n) is 5.99. The molecule has 3 aromatic rings. The highest BCUT2D eigenvalue weighted by atomic mass is 16.5. The van der Waals surface area contributed by atoms with Crippen LogP contribution >= 0.6 is 0 Å². The summed E-state index contributed by atoms with van der Waals surface area (Å²) in [6.07, 6.45) is 0. The summed E-state index contributed by atoms with van der Waals surface area (Å²) in [6.45, 7) is 3.96. The molecule has 0 saturated heterocycles. The molecule has 1 amide bonds. The quantitative estimate of drug-likeness (QED) is 0.785. The van der Waals surface area contributed by atoms with E-state index in [-0.39, 0.29) is 5.91 Å². The van der Waals surface area contributed by atoms with Crippen molar-refractivity contribution < 1.29 is 9.53 Å². The molecule has 0 fully saturated rings. The number of carbonyl (C=O) groups excluding carboxylic acids is 1. The molecule has 0 aliphatic heterocycles. The van der Waals surface area contributed by atoms with Gasteiger partial charge in [-0.3, -0.25) is 9.48 Å². The van der Waals surface area contributed by atoms with Crippen molar-refractivity contribution in [1.29, 1.82) is 0 Å². The van der Waals surface area contributed by atoms with Crippen molar-refractivity contribution >= 4 is 11.6 Å². The number of ether oxygens (including phenoxy) is 1. The second-order valence-corrected chi connectivity index (χ2v) is 5.99. The number of aromatic nitrogens is 2. The Kier molecular flexibility index (Phi) is 4.57. The minimum absolute atomic E-state index is 0.179. The maximum absolute atomic E-state index is 12.7. The molecular weight excluding hydrogens is 314 g/mol. The van der Waals surface area contributed by atoms with Gasteiger partial charge in [0.25, 0.3) is 5.91 Å². The lowest BCUT2D eigenvalue weighted by Crippen LogP contribution is -2.17. The maximum atomic E-state index is 12.7. The Labute approximate surface area is 147 Å². The third-order valence-corrected chi connectivity index (χ3v) is 4.20. The lowest BCUT2D eigenvalue weighted by Gasteiger charge is -2.11. The minimum Gasteiger partial charge on any atom is -0.497 e. The summed E-state index contributed by atoms with van der Waals surface area (Å²) in [5.74, 6) is 0.575. The summed E-state index contributed by atoms with van der Waals surface area (Å²) in [5.41, 5.74) is 5.04. The molecule has 0 unspecified atom stereocenters. The summed E-state index contributed by atoms with van der Waals surface area (Å²) in [7, 11) is 3.39. The van der Waals surface area contributed by atoms with Gasteiger partial charge in [0.15, 0.2) is 0 Å². The van der Waals surface area contributed by atoms with Gasteiger partial charge in [0.05, 0.1) is 12.8 Å². The van der Waals surface area contributed by atoms with Crippen molar-refractivity contribution in [1.82, 2.24) is 9.78 Å². The monoisotopic (exact) mass is 335 g/mol. The smallest absolute Gasteiger partial charge is 0.273 e. The number of hydrogen-bond acceptors (Lipinski definition) is 3. The number of aryl methyl sites for hydroxylation is 3. The third kappa shape index (κ3) is 3.40. The fourth-order valence-electron chi connectivity index (χ4n) is 2.79. The van der Waals surface area contributed by atoms with E-state index in [9.17, 15) is 4.79 Å².